The lowest BCUT2D eigenvalue weighted by Crippen LogP contribution is -2.29. The van der Waals surface area contributed by atoms with Gasteiger partial charge < -0.3 is 19.5 Å². The number of hydrogen-bond donors (Lipinski definition) is 1. The fraction of sp³-hybridized carbons (Fsp3) is 0.241. The summed E-state index contributed by atoms with van der Waals surface area (Å²) >= 11 is 5.81. The molecule has 0 saturated carbocycles. The Kier molecular flexibility index (Phi) is 6.88. The summed E-state index contributed by atoms with van der Waals surface area (Å²) in [5.41, 5.74) is 4.31. The molecule has 9 heteroatoms. The third-order valence-corrected chi connectivity index (χ3v) is 7.28. The molecule has 2 aromatic heterocycles. The molecule has 196 valence electrons. The predicted octanol–water partition coefficient (Wildman–Crippen LogP) is 6.69. The third kappa shape index (κ3) is 4.86. The summed E-state index contributed by atoms with van der Waals surface area (Å²) in [7, 11) is 1.63. The zero-order valence-corrected chi connectivity index (χ0v) is 22.0. The van der Waals surface area contributed by atoms with E-state index >= 15 is 0 Å². The van der Waals surface area contributed by atoms with Gasteiger partial charge in [0.05, 0.1) is 30.5 Å². The number of hydrogen-bond acceptors (Lipinski definition) is 3. The van der Waals surface area contributed by atoms with E-state index in [9.17, 15) is 13.2 Å². The van der Waals surface area contributed by atoms with Crippen LogP contribution in [0.1, 0.15) is 45.9 Å². The molecule has 3 heterocycles. The number of pyridine rings is 1. The molecular formula is C29H27F3N4OS. The van der Waals surface area contributed by atoms with Gasteiger partial charge in [-0.3, -0.25) is 4.98 Å². The molecule has 0 bridgehead atoms. The second-order valence-corrected chi connectivity index (χ2v) is 9.70. The highest BCUT2D eigenvalue weighted by Crippen LogP contribution is 2.42. The van der Waals surface area contributed by atoms with Crippen LogP contribution in [0.15, 0.2) is 79.0 Å². The minimum Gasteiger partial charge on any atom is -0.497 e. The average molecular weight is 537 g/mol. The van der Waals surface area contributed by atoms with Crippen LogP contribution < -0.4 is 10.1 Å². The first-order valence-corrected chi connectivity index (χ1v) is 12.6. The van der Waals surface area contributed by atoms with E-state index in [4.69, 9.17) is 17.0 Å². The van der Waals surface area contributed by atoms with Crippen LogP contribution in [0.25, 0.3) is 5.69 Å². The summed E-state index contributed by atoms with van der Waals surface area (Å²) in [5, 5.41) is 4.04. The lowest BCUT2D eigenvalue weighted by Gasteiger charge is -2.28. The molecule has 0 amide bonds. The Morgan fingerprint density at radius 3 is 2.42 bits per heavy atom. The van der Waals surface area contributed by atoms with Crippen molar-refractivity contribution in [2.45, 2.75) is 38.7 Å². The van der Waals surface area contributed by atoms with E-state index in [1.165, 1.54) is 12.1 Å². The molecule has 1 aliphatic rings. The Labute approximate surface area is 224 Å². The maximum absolute atomic E-state index is 13.5. The van der Waals surface area contributed by atoms with Crippen LogP contribution in [0.4, 0.5) is 13.2 Å². The molecule has 1 saturated heterocycles. The monoisotopic (exact) mass is 536 g/mol. The third-order valence-electron chi connectivity index (χ3n) is 6.93. The molecule has 0 aliphatic carbocycles. The van der Waals surface area contributed by atoms with Gasteiger partial charge in [0.15, 0.2) is 5.11 Å². The van der Waals surface area contributed by atoms with Crippen LogP contribution >= 0.6 is 12.2 Å². The number of benzene rings is 2. The van der Waals surface area contributed by atoms with Crippen LogP contribution in [-0.4, -0.2) is 26.7 Å². The molecule has 5 rings (SSSR count). The number of rotatable bonds is 6. The summed E-state index contributed by atoms with van der Waals surface area (Å²) in [6.07, 6.45) is -2.68. The Balaban J connectivity index is 1.60. The number of thiocarbonyl (C=S) groups is 1. The number of halogens is 3. The first-order valence-electron chi connectivity index (χ1n) is 12.1. The van der Waals surface area contributed by atoms with Crippen LogP contribution in [0.5, 0.6) is 5.75 Å². The summed E-state index contributed by atoms with van der Waals surface area (Å²) in [4.78, 5) is 6.71. The Morgan fingerprint density at radius 2 is 1.76 bits per heavy atom. The highest BCUT2D eigenvalue weighted by Gasteiger charge is 2.41. The van der Waals surface area contributed by atoms with Gasteiger partial charge in [-0.25, -0.2) is 0 Å². The number of methoxy groups -OCH3 is 1. The van der Waals surface area contributed by atoms with Crippen molar-refractivity contribution >= 4 is 17.3 Å². The van der Waals surface area contributed by atoms with Gasteiger partial charge in [0.2, 0.25) is 0 Å². The highest BCUT2D eigenvalue weighted by atomic mass is 32.1. The molecule has 0 spiro atoms. The minimum atomic E-state index is -4.42. The van der Waals surface area contributed by atoms with Crippen molar-refractivity contribution in [1.82, 2.24) is 19.8 Å². The predicted molar refractivity (Wildman–Crippen MR) is 144 cm³/mol. The lowest BCUT2D eigenvalue weighted by atomic mass is 9.96. The van der Waals surface area contributed by atoms with Gasteiger partial charge in [-0.1, -0.05) is 24.3 Å². The van der Waals surface area contributed by atoms with Crippen molar-refractivity contribution in [2.75, 3.05) is 7.11 Å². The van der Waals surface area contributed by atoms with Crippen LogP contribution in [-0.2, 0) is 12.7 Å². The zero-order chi connectivity index (χ0) is 27.0. The van der Waals surface area contributed by atoms with E-state index in [0.717, 1.165) is 40.0 Å². The van der Waals surface area contributed by atoms with Crippen molar-refractivity contribution in [3.63, 3.8) is 0 Å². The van der Waals surface area contributed by atoms with Gasteiger partial charge in [-0.15, -0.1) is 0 Å². The lowest BCUT2D eigenvalue weighted by molar-refractivity contribution is -0.137. The first kappa shape index (κ1) is 25.8. The maximum atomic E-state index is 13.5. The summed E-state index contributed by atoms with van der Waals surface area (Å²) in [5.74, 6) is 0.767. The standard InChI is InChI=1S/C29H27F3N4OS/c1-18-15-24(19(2)36(18)22-8-6-7-21(16-22)29(30,31)32)27-26(25-9-4-5-14-33-25)34-28(38)35(27)17-20-10-12-23(37-3)13-11-20/h4-16,26-27H,17H2,1-3H3,(H,34,38)/t26-,27+/m0/s1. The Bertz CT molecular complexity index is 1450. The molecule has 0 unspecified atom stereocenters. The fourth-order valence-corrected chi connectivity index (χ4v) is 5.45. The van der Waals surface area contributed by atoms with Gasteiger partial charge in [-0.05, 0) is 85.7 Å². The molecule has 0 radical (unpaired) electrons. The summed E-state index contributed by atoms with van der Waals surface area (Å²) in [6, 6.07) is 20.5. The van der Waals surface area contributed by atoms with Crippen LogP contribution in [0.3, 0.4) is 0 Å². The first-order chi connectivity index (χ1) is 18.2. The van der Waals surface area contributed by atoms with E-state index in [1.807, 2.05) is 66.9 Å². The molecule has 2 aromatic carbocycles. The van der Waals surface area contributed by atoms with Gasteiger partial charge >= 0.3 is 6.18 Å². The molecule has 5 nitrogen and oxygen atoms in total. The topological polar surface area (TPSA) is 42.3 Å². The molecule has 1 fully saturated rings. The van der Waals surface area contributed by atoms with E-state index in [-0.39, 0.29) is 12.1 Å². The SMILES string of the molecule is COc1ccc(CN2C(=S)N[C@@H](c3ccccn3)[C@H]2c2cc(C)n(-c3cccc(C(F)(F)F)c3)c2C)cc1. The quantitative estimate of drug-likeness (QED) is 0.278. The number of aromatic nitrogens is 2. The Hall–Kier alpha value is -3.85. The van der Waals surface area contributed by atoms with Crippen LogP contribution in [0.2, 0.25) is 0 Å². The summed E-state index contributed by atoms with van der Waals surface area (Å²) < 4.78 is 47.6. The highest BCUT2D eigenvalue weighted by molar-refractivity contribution is 7.80. The van der Waals surface area contributed by atoms with Crippen molar-refractivity contribution < 1.29 is 17.9 Å². The van der Waals surface area contributed by atoms with Crippen LogP contribution in [0, 0.1) is 13.8 Å². The van der Waals surface area contributed by atoms with E-state index in [1.54, 1.807) is 19.4 Å². The zero-order valence-electron chi connectivity index (χ0n) is 21.2. The van der Waals surface area contributed by atoms with Crippen molar-refractivity contribution in [3.8, 4) is 11.4 Å². The van der Waals surface area contributed by atoms with Gasteiger partial charge in [0.25, 0.3) is 0 Å². The van der Waals surface area contributed by atoms with Gasteiger partial charge in [0.1, 0.15) is 5.75 Å². The molecule has 1 aliphatic heterocycles. The fourth-order valence-electron chi connectivity index (χ4n) is 5.15. The largest absolute Gasteiger partial charge is 0.497 e. The normalized spacial score (nSPS) is 17.5. The maximum Gasteiger partial charge on any atom is 0.416 e. The average Bonchev–Trinajstić information content (AvgIpc) is 3.39. The van der Waals surface area contributed by atoms with E-state index in [2.05, 4.69) is 15.2 Å². The van der Waals surface area contributed by atoms with E-state index in [0.29, 0.717) is 17.3 Å². The Morgan fingerprint density at radius 1 is 1.00 bits per heavy atom. The van der Waals surface area contributed by atoms with E-state index < -0.39 is 11.7 Å². The summed E-state index contributed by atoms with van der Waals surface area (Å²) in [6.45, 7) is 4.38. The second-order valence-electron chi connectivity index (χ2n) is 9.31. The van der Waals surface area contributed by atoms with Crippen molar-refractivity contribution in [1.29, 1.82) is 0 Å². The molecule has 38 heavy (non-hydrogen) atoms. The molecule has 1 N–H and O–H groups in total. The molecule has 4 aromatic rings. The van der Waals surface area contributed by atoms with Crippen molar-refractivity contribution in [2.24, 2.45) is 0 Å². The van der Waals surface area contributed by atoms with Gasteiger partial charge in [0, 0.05) is 29.8 Å². The number of alkyl halides is 3. The minimum absolute atomic E-state index is 0.231. The van der Waals surface area contributed by atoms with Crippen molar-refractivity contribution in [3.05, 3.63) is 113 Å². The van der Waals surface area contributed by atoms with Gasteiger partial charge in [-0.2, -0.15) is 13.2 Å². The molecular weight excluding hydrogens is 509 g/mol. The number of ether oxygens (including phenoxy) is 1. The number of nitrogens with one attached hydrogen (secondary N) is 1. The second kappa shape index (κ2) is 10.1. The number of aryl methyl sites for hydroxylation is 1. The smallest absolute Gasteiger partial charge is 0.416 e. The number of nitrogens with zero attached hydrogens (tertiary/aromatic N) is 3. The molecule has 2 atom stereocenters.